The van der Waals surface area contributed by atoms with E-state index in [4.69, 9.17) is 13.9 Å². The maximum atomic E-state index is 8.77. The summed E-state index contributed by atoms with van der Waals surface area (Å²) in [6.07, 6.45) is 3.23. The molecule has 0 radical (unpaired) electrons. The summed E-state index contributed by atoms with van der Waals surface area (Å²) >= 11 is 0. The van der Waals surface area contributed by atoms with Crippen molar-refractivity contribution >= 4 is 6.21 Å². The van der Waals surface area contributed by atoms with E-state index in [1.807, 2.05) is 12.1 Å². The number of nitrogens with zero attached hydrogens (tertiary/aromatic N) is 1. The van der Waals surface area contributed by atoms with E-state index in [0.29, 0.717) is 18.1 Å². The average molecular weight is 205 g/mol. The zero-order chi connectivity index (χ0) is 10.5. The van der Waals surface area contributed by atoms with E-state index in [-0.39, 0.29) is 6.61 Å². The van der Waals surface area contributed by atoms with Gasteiger partial charge in [0.05, 0.1) is 19.0 Å². The molecule has 4 heteroatoms. The highest BCUT2D eigenvalue weighted by Gasteiger charge is 1.97. The van der Waals surface area contributed by atoms with E-state index in [0.717, 1.165) is 5.76 Å². The fraction of sp³-hybridized carbons (Fsp3) is 0.182. The van der Waals surface area contributed by atoms with Gasteiger partial charge in [0.25, 0.3) is 0 Å². The number of rotatable bonds is 4. The third-order valence-corrected chi connectivity index (χ3v) is 1.88. The molecule has 4 nitrogen and oxygen atoms in total. The maximum absolute atomic E-state index is 8.77. The van der Waals surface area contributed by atoms with E-state index >= 15 is 0 Å². The molecule has 0 aliphatic carbocycles. The van der Waals surface area contributed by atoms with Gasteiger partial charge in [0.15, 0.2) is 0 Å². The summed E-state index contributed by atoms with van der Waals surface area (Å²) in [5, 5.41) is 8.77. The van der Waals surface area contributed by atoms with Crippen LogP contribution in [0.4, 0.5) is 0 Å². The predicted molar refractivity (Wildman–Crippen MR) is 54.6 cm³/mol. The van der Waals surface area contributed by atoms with Gasteiger partial charge in [0, 0.05) is 0 Å². The molecule has 1 N–H and O–H groups in total. The van der Waals surface area contributed by atoms with Gasteiger partial charge < -0.3 is 13.9 Å². The Balaban J connectivity index is 1.93. The normalized spacial score (nSPS) is 11.3. The highest BCUT2D eigenvalue weighted by atomic mass is 16.4. The third-order valence-electron chi connectivity index (χ3n) is 1.88. The highest BCUT2D eigenvalue weighted by Crippen LogP contribution is 2.06. The maximum Gasteiger partial charge on any atom is 0.144 e. The molecule has 0 unspecified atom stereocenters. The van der Waals surface area contributed by atoms with Crippen LogP contribution in [0.3, 0.4) is 0 Å². The van der Waals surface area contributed by atoms with Crippen LogP contribution in [0.5, 0.6) is 0 Å². The zero-order valence-electron chi connectivity index (χ0n) is 8.09. The summed E-state index contributed by atoms with van der Waals surface area (Å²) in [7, 11) is 0. The van der Waals surface area contributed by atoms with E-state index in [9.17, 15) is 0 Å². The van der Waals surface area contributed by atoms with Crippen molar-refractivity contribution < 1.29 is 13.9 Å². The fourth-order valence-electron chi connectivity index (χ4n) is 1.18. The summed E-state index contributed by atoms with van der Waals surface area (Å²) < 4.78 is 10.3. The monoisotopic (exact) mass is 205 g/mol. The summed E-state index contributed by atoms with van der Waals surface area (Å²) in [6.45, 7) is 0.397. The minimum absolute atomic E-state index is 0.0912. The number of furan rings is 2. The van der Waals surface area contributed by atoms with Crippen LogP contribution in [0.15, 0.2) is 44.4 Å². The van der Waals surface area contributed by atoms with Gasteiger partial charge in [-0.2, -0.15) is 0 Å². The predicted octanol–water partition coefficient (Wildman–Crippen LogP) is 1.98. The Hall–Kier alpha value is -1.81. The van der Waals surface area contributed by atoms with Gasteiger partial charge in [-0.1, -0.05) is 0 Å². The molecule has 0 aliphatic heterocycles. The van der Waals surface area contributed by atoms with Gasteiger partial charge in [0.2, 0.25) is 0 Å². The van der Waals surface area contributed by atoms with Crippen molar-refractivity contribution in [3.63, 3.8) is 0 Å². The number of hydrogen-bond donors (Lipinski definition) is 1. The summed E-state index contributed by atoms with van der Waals surface area (Å²) in [5.41, 5.74) is 0. The standard InChI is InChI=1S/C11H11NO3/c13-8-11-4-3-10(15-11)7-12-6-9-2-1-5-14-9/h1-5,7,13H,6,8H2. The Kier molecular flexibility index (Phi) is 2.99. The minimum Gasteiger partial charge on any atom is -0.467 e. The Morgan fingerprint density at radius 3 is 2.87 bits per heavy atom. The molecule has 0 atom stereocenters. The smallest absolute Gasteiger partial charge is 0.144 e. The van der Waals surface area contributed by atoms with E-state index in [1.54, 1.807) is 24.6 Å². The first-order valence-corrected chi connectivity index (χ1v) is 4.60. The molecule has 78 valence electrons. The van der Waals surface area contributed by atoms with Crippen LogP contribution in [0, 0.1) is 0 Å². The van der Waals surface area contributed by atoms with Crippen LogP contribution >= 0.6 is 0 Å². The molecule has 2 heterocycles. The van der Waals surface area contributed by atoms with Crippen molar-refractivity contribution in [1.29, 1.82) is 0 Å². The van der Waals surface area contributed by atoms with Crippen LogP contribution < -0.4 is 0 Å². The molecule has 0 saturated carbocycles. The molecule has 0 saturated heterocycles. The van der Waals surface area contributed by atoms with Gasteiger partial charge in [0.1, 0.15) is 23.9 Å². The number of aliphatic hydroxyl groups is 1. The molecule has 2 rings (SSSR count). The molecular formula is C11H11NO3. The number of hydrogen-bond acceptors (Lipinski definition) is 4. The Bertz CT molecular complexity index is 428. The summed E-state index contributed by atoms with van der Waals surface area (Å²) in [6, 6.07) is 7.16. The second kappa shape index (κ2) is 4.61. The molecule has 0 fully saturated rings. The second-order valence-electron chi connectivity index (χ2n) is 3.01. The van der Waals surface area contributed by atoms with Crippen molar-refractivity contribution in [2.45, 2.75) is 13.2 Å². The Morgan fingerprint density at radius 1 is 1.27 bits per heavy atom. The lowest BCUT2D eigenvalue weighted by atomic mass is 10.4. The molecule has 2 aromatic heterocycles. The van der Waals surface area contributed by atoms with Crippen molar-refractivity contribution in [3.05, 3.63) is 47.8 Å². The molecule has 15 heavy (non-hydrogen) atoms. The SMILES string of the molecule is OCc1ccc(C=NCc2ccco2)o1. The molecule has 2 aromatic rings. The quantitative estimate of drug-likeness (QED) is 0.776. The van der Waals surface area contributed by atoms with Crippen LogP contribution in [-0.2, 0) is 13.2 Å². The lowest BCUT2D eigenvalue weighted by Gasteiger charge is -1.88. The topological polar surface area (TPSA) is 58.9 Å². The van der Waals surface area contributed by atoms with Crippen molar-refractivity contribution in [3.8, 4) is 0 Å². The first-order valence-electron chi connectivity index (χ1n) is 4.60. The Labute approximate surface area is 86.9 Å². The number of aliphatic hydroxyl groups excluding tert-OH is 1. The highest BCUT2D eigenvalue weighted by molar-refractivity contribution is 5.75. The molecule has 0 bridgehead atoms. The van der Waals surface area contributed by atoms with E-state index in [1.165, 1.54) is 0 Å². The van der Waals surface area contributed by atoms with E-state index in [2.05, 4.69) is 4.99 Å². The van der Waals surface area contributed by atoms with Gasteiger partial charge >= 0.3 is 0 Å². The summed E-state index contributed by atoms with van der Waals surface area (Å²) in [4.78, 5) is 4.14. The van der Waals surface area contributed by atoms with Crippen molar-refractivity contribution in [2.75, 3.05) is 0 Å². The molecule has 0 aromatic carbocycles. The third kappa shape index (κ3) is 2.57. The second-order valence-corrected chi connectivity index (χ2v) is 3.01. The number of aliphatic imine (C=N–C) groups is 1. The fourth-order valence-corrected chi connectivity index (χ4v) is 1.18. The van der Waals surface area contributed by atoms with Crippen LogP contribution in [-0.4, -0.2) is 11.3 Å². The van der Waals surface area contributed by atoms with E-state index < -0.39 is 0 Å². The van der Waals surface area contributed by atoms with Gasteiger partial charge in [-0.3, -0.25) is 4.99 Å². The first kappa shape index (κ1) is 9.73. The van der Waals surface area contributed by atoms with Crippen molar-refractivity contribution in [2.24, 2.45) is 4.99 Å². The largest absolute Gasteiger partial charge is 0.467 e. The lowest BCUT2D eigenvalue weighted by Crippen LogP contribution is -1.80. The first-order chi connectivity index (χ1) is 7.38. The molecule has 0 aliphatic rings. The van der Waals surface area contributed by atoms with Crippen LogP contribution in [0.25, 0.3) is 0 Å². The molecule has 0 amide bonds. The Morgan fingerprint density at radius 2 is 2.20 bits per heavy atom. The van der Waals surface area contributed by atoms with Crippen LogP contribution in [0.2, 0.25) is 0 Å². The van der Waals surface area contributed by atoms with Crippen LogP contribution in [0.1, 0.15) is 17.3 Å². The molecule has 0 spiro atoms. The van der Waals surface area contributed by atoms with Gasteiger partial charge in [-0.05, 0) is 24.3 Å². The van der Waals surface area contributed by atoms with Gasteiger partial charge in [-0.25, -0.2) is 0 Å². The van der Waals surface area contributed by atoms with Crippen molar-refractivity contribution in [1.82, 2.24) is 0 Å². The minimum atomic E-state index is -0.0912. The molecular weight excluding hydrogens is 194 g/mol. The zero-order valence-corrected chi connectivity index (χ0v) is 8.09. The lowest BCUT2D eigenvalue weighted by molar-refractivity contribution is 0.247. The van der Waals surface area contributed by atoms with Gasteiger partial charge in [-0.15, -0.1) is 0 Å². The average Bonchev–Trinajstić information content (AvgIpc) is 2.88. The summed E-state index contributed by atoms with van der Waals surface area (Å²) in [5.74, 6) is 1.97.